The van der Waals surface area contributed by atoms with E-state index < -0.39 is 5.92 Å². The first-order chi connectivity index (χ1) is 16.7. The second-order valence-electron chi connectivity index (χ2n) is 8.23. The van der Waals surface area contributed by atoms with Crippen LogP contribution in [-0.2, 0) is 0 Å². The molecule has 2 heteroatoms. The predicted molar refractivity (Wildman–Crippen MR) is 141 cm³/mol. The maximum atomic E-state index is 14.6. The first kappa shape index (κ1) is 21.9. The van der Waals surface area contributed by atoms with Crippen LogP contribution in [0.4, 0.5) is 0 Å². The molecule has 0 aliphatic heterocycles. The molecular weight excluding hydrogens is 436 g/mol. The van der Waals surface area contributed by atoms with E-state index >= 15 is 0 Å². The van der Waals surface area contributed by atoms with Gasteiger partial charge >= 0.3 is 0 Å². The van der Waals surface area contributed by atoms with Gasteiger partial charge in [-0.05, 0) is 45.5 Å². The minimum Gasteiger partial charge on any atom is -0.293 e. The van der Waals surface area contributed by atoms with E-state index in [1.54, 1.807) is 0 Å². The van der Waals surface area contributed by atoms with Gasteiger partial charge < -0.3 is 0 Å². The average molecular weight is 459 g/mol. The highest BCUT2D eigenvalue weighted by Gasteiger charge is 2.29. The van der Waals surface area contributed by atoms with E-state index in [2.05, 4.69) is 0 Å². The van der Waals surface area contributed by atoms with Crippen molar-refractivity contribution in [2.75, 3.05) is 0 Å². The van der Waals surface area contributed by atoms with Crippen molar-refractivity contribution in [3.8, 4) is 22.3 Å². The lowest BCUT2D eigenvalue weighted by Crippen LogP contribution is -2.17. The van der Waals surface area contributed by atoms with Gasteiger partial charge in [0, 0.05) is 10.6 Å². The van der Waals surface area contributed by atoms with E-state index in [-0.39, 0.29) is 5.78 Å². The Morgan fingerprint density at radius 3 is 1.26 bits per heavy atom. The molecule has 0 atom stereocenters. The quantitative estimate of drug-likeness (QED) is 0.232. The third-order valence-corrected chi connectivity index (χ3v) is 6.27. The largest absolute Gasteiger partial charge is 0.293 e. The standard InChI is InChI=1S/C32H23ClO/c33-27-21-28(23-13-5-1-6-14-23)31(29(22-27)24-15-7-2-8-16-24)32(34)30(25-17-9-3-10-18-25)26-19-11-4-12-20-26/h1-22,30H. The van der Waals surface area contributed by atoms with Crippen LogP contribution in [0.2, 0.25) is 5.02 Å². The van der Waals surface area contributed by atoms with Crippen LogP contribution >= 0.6 is 11.6 Å². The van der Waals surface area contributed by atoms with Gasteiger partial charge in [-0.2, -0.15) is 0 Å². The van der Waals surface area contributed by atoms with Gasteiger partial charge in [-0.3, -0.25) is 4.79 Å². The molecule has 0 fully saturated rings. The molecule has 5 aromatic carbocycles. The van der Waals surface area contributed by atoms with Crippen LogP contribution in [0, 0.1) is 0 Å². The summed E-state index contributed by atoms with van der Waals surface area (Å²) in [5.41, 5.74) is 6.22. The number of ketones is 1. The first-order valence-electron chi connectivity index (χ1n) is 11.3. The molecule has 0 amide bonds. The molecule has 0 unspecified atom stereocenters. The summed E-state index contributed by atoms with van der Waals surface area (Å²) < 4.78 is 0. The molecule has 0 aromatic heterocycles. The summed E-state index contributed by atoms with van der Waals surface area (Å²) in [6.07, 6.45) is 0. The molecule has 0 radical (unpaired) electrons. The molecule has 0 spiro atoms. The van der Waals surface area contributed by atoms with Crippen LogP contribution in [-0.4, -0.2) is 5.78 Å². The lowest BCUT2D eigenvalue weighted by atomic mass is 9.80. The Morgan fingerprint density at radius 1 is 0.529 bits per heavy atom. The Morgan fingerprint density at radius 2 is 0.882 bits per heavy atom. The van der Waals surface area contributed by atoms with Gasteiger partial charge in [-0.25, -0.2) is 0 Å². The van der Waals surface area contributed by atoms with E-state index in [0.717, 1.165) is 33.4 Å². The Labute approximate surface area is 205 Å². The first-order valence-corrected chi connectivity index (χ1v) is 11.7. The summed E-state index contributed by atoms with van der Waals surface area (Å²) in [4.78, 5) is 14.6. The smallest absolute Gasteiger partial charge is 0.175 e. The van der Waals surface area contributed by atoms with Crippen molar-refractivity contribution in [3.63, 3.8) is 0 Å². The summed E-state index contributed by atoms with van der Waals surface area (Å²) in [5, 5.41) is 0.602. The number of carbonyl (C=O) groups excluding carboxylic acids is 1. The fraction of sp³-hybridized carbons (Fsp3) is 0.0312. The molecule has 0 bridgehead atoms. The Bertz CT molecular complexity index is 1300. The van der Waals surface area contributed by atoms with Gasteiger partial charge in [-0.15, -0.1) is 0 Å². The summed E-state index contributed by atoms with van der Waals surface area (Å²) in [7, 11) is 0. The van der Waals surface area contributed by atoms with Gasteiger partial charge in [0.1, 0.15) is 0 Å². The highest BCUT2D eigenvalue weighted by atomic mass is 35.5. The van der Waals surface area contributed by atoms with E-state index in [4.69, 9.17) is 11.6 Å². The molecule has 0 heterocycles. The number of hydrogen-bond donors (Lipinski definition) is 0. The van der Waals surface area contributed by atoms with E-state index in [9.17, 15) is 4.79 Å². The summed E-state index contributed by atoms with van der Waals surface area (Å²) >= 11 is 6.63. The lowest BCUT2D eigenvalue weighted by Gasteiger charge is -2.22. The van der Waals surface area contributed by atoms with Crippen molar-refractivity contribution in [2.24, 2.45) is 0 Å². The Kier molecular flexibility index (Phi) is 6.38. The van der Waals surface area contributed by atoms with Crippen molar-refractivity contribution >= 4 is 17.4 Å². The topological polar surface area (TPSA) is 17.1 Å². The van der Waals surface area contributed by atoms with Crippen LogP contribution in [0.1, 0.15) is 27.4 Å². The van der Waals surface area contributed by atoms with Gasteiger partial charge in [0.25, 0.3) is 0 Å². The van der Waals surface area contributed by atoms with Gasteiger partial charge in [-0.1, -0.05) is 133 Å². The molecule has 164 valence electrons. The fourth-order valence-corrected chi connectivity index (χ4v) is 4.71. The number of benzene rings is 5. The molecule has 0 aliphatic carbocycles. The molecular formula is C32H23ClO. The van der Waals surface area contributed by atoms with Gasteiger partial charge in [0.2, 0.25) is 0 Å². The minimum absolute atomic E-state index is 0.0479. The normalized spacial score (nSPS) is 10.9. The number of halogens is 1. The predicted octanol–water partition coefficient (Wildman–Crippen LogP) is 8.69. The second kappa shape index (κ2) is 9.91. The Hall–Kier alpha value is -3.94. The number of rotatable bonds is 6. The van der Waals surface area contributed by atoms with Crippen molar-refractivity contribution in [3.05, 3.63) is 155 Å². The highest BCUT2D eigenvalue weighted by molar-refractivity contribution is 6.32. The van der Waals surface area contributed by atoms with Crippen LogP contribution in [0.15, 0.2) is 133 Å². The Balaban J connectivity index is 1.80. The van der Waals surface area contributed by atoms with E-state index in [0.29, 0.717) is 10.6 Å². The summed E-state index contributed by atoms with van der Waals surface area (Å²) in [5.74, 6) is -0.389. The zero-order valence-electron chi connectivity index (χ0n) is 18.6. The van der Waals surface area contributed by atoms with Crippen molar-refractivity contribution in [1.82, 2.24) is 0 Å². The third-order valence-electron chi connectivity index (χ3n) is 6.05. The SMILES string of the molecule is O=C(c1c(-c2ccccc2)cc(Cl)cc1-c1ccccc1)C(c1ccccc1)c1ccccc1. The summed E-state index contributed by atoms with van der Waals surface area (Å²) in [6.45, 7) is 0. The fourth-order valence-electron chi connectivity index (χ4n) is 4.49. The maximum absolute atomic E-state index is 14.6. The van der Waals surface area contributed by atoms with Crippen LogP contribution < -0.4 is 0 Å². The van der Waals surface area contributed by atoms with Crippen molar-refractivity contribution in [2.45, 2.75) is 5.92 Å². The molecule has 5 aromatic rings. The van der Waals surface area contributed by atoms with Crippen LogP contribution in [0.5, 0.6) is 0 Å². The number of carbonyl (C=O) groups is 1. The zero-order valence-corrected chi connectivity index (χ0v) is 19.3. The second-order valence-corrected chi connectivity index (χ2v) is 8.66. The number of Topliss-reactive ketones (excluding diaryl/α,β-unsaturated/α-hetero) is 1. The minimum atomic E-state index is -0.437. The number of hydrogen-bond acceptors (Lipinski definition) is 1. The van der Waals surface area contributed by atoms with Crippen molar-refractivity contribution in [1.29, 1.82) is 0 Å². The van der Waals surface area contributed by atoms with E-state index in [1.165, 1.54) is 0 Å². The monoisotopic (exact) mass is 458 g/mol. The molecule has 0 aliphatic rings. The molecule has 0 saturated heterocycles. The molecule has 0 saturated carbocycles. The summed E-state index contributed by atoms with van der Waals surface area (Å²) in [6, 6.07) is 43.8. The third kappa shape index (κ3) is 4.44. The lowest BCUT2D eigenvalue weighted by molar-refractivity contribution is 0.0975. The molecule has 34 heavy (non-hydrogen) atoms. The van der Waals surface area contributed by atoms with Gasteiger partial charge in [0.15, 0.2) is 5.78 Å². The zero-order chi connectivity index (χ0) is 23.3. The average Bonchev–Trinajstić information content (AvgIpc) is 2.90. The van der Waals surface area contributed by atoms with E-state index in [1.807, 2.05) is 133 Å². The van der Waals surface area contributed by atoms with Crippen molar-refractivity contribution < 1.29 is 4.79 Å². The molecule has 1 nitrogen and oxygen atoms in total. The van der Waals surface area contributed by atoms with Crippen LogP contribution in [0.3, 0.4) is 0 Å². The molecule has 5 rings (SSSR count). The maximum Gasteiger partial charge on any atom is 0.175 e. The van der Waals surface area contributed by atoms with Crippen LogP contribution in [0.25, 0.3) is 22.3 Å². The van der Waals surface area contributed by atoms with Gasteiger partial charge in [0.05, 0.1) is 5.92 Å². The molecule has 0 N–H and O–H groups in total. The highest BCUT2D eigenvalue weighted by Crippen LogP contribution is 2.40.